The number of amides is 4. The van der Waals surface area contributed by atoms with Gasteiger partial charge in [0.15, 0.2) is 0 Å². The van der Waals surface area contributed by atoms with Crippen LogP contribution in [0.25, 0.3) is 6.08 Å². The maximum Gasteiger partial charge on any atom is 0.289 e. The number of hydrogen-bond donors (Lipinski definition) is 4. The fourth-order valence-electron chi connectivity index (χ4n) is 4.09. The van der Waals surface area contributed by atoms with Gasteiger partial charge in [-0.05, 0) is 61.3 Å². The summed E-state index contributed by atoms with van der Waals surface area (Å²) in [4.78, 5) is 63.5. The molecular formula is C27H35FN4O5. The molecule has 1 saturated heterocycles. The number of hydrogen-bond acceptors (Lipinski definition) is 5. The van der Waals surface area contributed by atoms with Gasteiger partial charge in [0, 0.05) is 24.6 Å². The number of halogens is 1. The summed E-state index contributed by atoms with van der Waals surface area (Å²) < 4.78 is 13.1. The summed E-state index contributed by atoms with van der Waals surface area (Å²) in [5.41, 5.74) is 0.250. The van der Waals surface area contributed by atoms with E-state index in [1.165, 1.54) is 36.4 Å². The fourth-order valence-corrected chi connectivity index (χ4v) is 4.09. The van der Waals surface area contributed by atoms with E-state index in [4.69, 9.17) is 0 Å². The third-order valence-corrected chi connectivity index (χ3v) is 6.20. The minimum absolute atomic E-state index is 0.00481. The second-order valence-electron chi connectivity index (χ2n) is 10.9. The maximum atomic E-state index is 13.3. The van der Waals surface area contributed by atoms with Crippen molar-refractivity contribution >= 4 is 35.5 Å². The van der Waals surface area contributed by atoms with E-state index in [1.807, 2.05) is 20.8 Å². The Labute approximate surface area is 216 Å². The Hall–Kier alpha value is -3.56. The molecule has 1 saturated carbocycles. The summed E-state index contributed by atoms with van der Waals surface area (Å²) in [6, 6.07) is 3.34. The Balaban J connectivity index is 1.72. The summed E-state index contributed by atoms with van der Waals surface area (Å²) in [5.74, 6) is -3.87. The van der Waals surface area contributed by atoms with E-state index >= 15 is 0 Å². The average Bonchev–Trinajstić information content (AvgIpc) is 3.55. The van der Waals surface area contributed by atoms with Crippen molar-refractivity contribution in [3.8, 4) is 0 Å². The molecule has 2 unspecified atom stereocenters. The lowest BCUT2D eigenvalue weighted by Gasteiger charge is -2.28. The monoisotopic (exact) mass is 514 g/mol. The molecule has 0 aromatic heterocycles. The molecular weight excluding hydrogens is 479 g/mol. The Bertz CT molecular complexity index is 1060. The third kappa shape index (κ3) is 9.11. The van der Waals surface area contributed by atoms with Crippen molar-refractivity contribution in [3.05, 3.63) is 41.7 Å². The molecule has 1 aromatic rings. The van der Waals surface area contributed by atoms with Gasteiger partial charge < -0.3 is 21.3 Å². The summed E-state index contributed by atoms with van der Waals surface area (Å²) in [6.07, 6.45) is 5.08. The van der Waals surface area contributed by atoms with Crippen LogP contribution in [-0.2, 0) is 24.0 Å². The first-order chi connectivity index (χ1) is 17.4. The van der Waals surface area contributed by atoms with Crippen molar-refractivity contribution in [2.45, 2.75) is 71.0 Å². The first-order valence-electron chi connectivity index (χ1n) is 12.6. The maximum absolute atomic E-state index is 13.3. The SMILES string of the molecule is CC(C)(C)CC(NC(=O)/C=C/c1ccc(F)cc1)C(=O)NC(C[C@@H]1CCNC1=O)C(=O)C(=O)NC1CC1. The molecule has 4 amide bonds. The van der Waals surface area contributed by atoms with E-state index in [1.54, 1.807) is 0 Å². The molecule has 10 heteroatoms. The van der Waals surface area contributed by atoms with Crippen molar-refractivity contribution < 1.29 is 28.4 Å². The van der Waals surface area contributed by atoms with Gasteiger partial charge in [0.2, 0.25) is 23.5 Å². The molecule has 37 heavy (non-hydrogen) atoms. The zero-order chi connectivity index (χ0) is 27.2. The summed E-state index contributed by atoms with van der Waals surface area (Å²) >= 11 is 0. The minimum Gasteiger partial charge on any atom is -0.356 e. The number of Topliss-reactive ketones (excluding diaryl/α,β-unsaturated/α-hetero) is 1. The molecule has 1 aromatic carbocycles. The highest BCUT2D eigenvalue weighted by atomic mass is 19.1. The number of ketones is 1. The Morgan fingerprint density at radius 3 is 2.30 bits per heavy atom. The molecule has 1 aliphatic carbocycles. The zero-order valence-electron chi connectivity index (χ0n) is 21.4. The quantitative estimate of drug-likeness (QED) is 0.263. The standard InChI is InChI=1S/C27H35FN4O5/c1-27(2,3)15-21(31-22(33)11-6-16-4-7-18(28)8-5-16)25(36)32-20(14-17-12-13-29-24(17)35)23(34)26(37)30-19-9-10-19/h4-8,11,17,19-21H,9-10,12-15H2,1-3H3,(H,29,35)(H,30,37)(H,31,33)(H,32,36)/b11-6+/t17-,20?,21?/m0/s1. The molecule has 4 N–H and O–H groups in total. The van der Waals surface area contributed by atoms with E-state index in [9.17, 15) is 28.4 Å². The molecule has 3 rings (SSSR count). The summed E-state index contributed by atoms with van der Waals surface area (Å²) in [6.45, 7) is 6.18. The van der Waals surface area contributed by atoms with Crippen LogP contribution in [0.2, 0.25) is 0 Å². The highest BCUT2D eigenvalue weighted by Gasteiger charge is 2.37. The highest BCUT2D eigenvalue weighted by Crippen LogP contribution is 2.23. The number of benzene rings is 1. The second kappa shape index (κ2) is 12.1. The molecule has 2 aliphatic rings. The first kappa shape index (κ1) is 28.0. The van der Waals surface area contributed by atoms with Gasteiger partial charge in [0.05, 0.1) is 6.04 Å². The Morgan fingerprint density at radius 2 is 1.73 bits per heavy atom. The van der Waals surface area contributed by atoms with Crippen molar-refractivity contribution in [2.24, 2.45) is 11.3 Å². The van der Waals surface area contributed by atoms with Gasteiger partial charge in [-0.3, -0.25) is 24.0 Å². The van der Waals surface area contributed by atoms with E-state index in [0.29, 0.717) is 18.5 Å². The lowest BCUT2D eigenvalue weighted by atomic mass is 9.87. The molecule has 1 aliphatic heterocycles. The van der Waals surface area contributed by atoms with E-state index < -0.39 is 47.3 Å². The number of carbonyl (C=O) groups is 5. The van der Waals surface area contributed by atoms with Crippen molar-refractivity contribution in [1.82, 2.24) is 21.3 Å². The normalized spacial score (nSPS) is 19.1. The molecule has 3 atom stereocenters. The van der Waals surface area contributed by atoms with Crippen molar-refractivity contribution in [2.75, 3.05) is 6.54 Å². The van der Waals surface area contributed by atoms with Crippen LogP contribution in [0.1, 0.15) is 58.4 Å². The average molecular weight is 515 g/mol. The van der Waals surface area contributed by atoms with Gasteiger partial charge in [-0.1, -0.05) is 32.9 Å². The van der Waals surface area contributed by atoms with Gasteiger partial charge in [0.25, 0.3) is 5.91 Å². The molecule has 0 spiro atoms. The molecule has 200 valence electrons. The summed E-state index contributed by atoms with van der Waals surface area (Å²) in [7, 11) is 0. The van der Waals surface area contributed by atoms with Crippen LogP contribution in [0.3, 0.4) is 0 Å². The number of nitrogens with one attached hydrogen (secondary N) is 4. The third-order valence-electron chi connectivity index (χ3n) is 6.20. The predicted molar refractivity (Wildman–Crippen MR) is 135 cm³/mol. The first-order valence-corrected chi connectivity index (χ1v) is 12.6. The van der Waals surface area contributed by atoms with E-state index in [-0.39, 0.29) is 30.2 Å². The minimum atomic E-state index is -1.20. The Kier molecular flexibility index (Phi) is 9.18. The van der Waals surface area contributed by atoms with Gasteiger partial charge in [-0.25, -0.2) is 4.39 Å². The van der Waals surface area contributed by atoms with Crippen LogP contribution in [-0.4, -0.2) is 54.1 Å². The lowest BCUT2D eigenvalue weighted by molar-refractivity contribution is -0.141. The van der Waals surface area contributed by atoms with Gasteiger partial charge in [-0.2, -0.15) is 0 Å². The van der Waals surface area contributed by atoms with Crippen LogP contribution < -0.4 is 21.3 Å². The van der Waals surface area contributed by atoms with E-state index in [2.05, 4.69) is 21.3 Å². The van der Waals surface area contributed by atoms with Crippen molar-refractivity contribution in [1.29, 1.82) is 0 Å². The number of carbonyl (C=O) groups excluding carboxylic acids is 5. The van der Waals surface area contributed by atoms with Gasteiger partial charge >= 0.3 is 0 Å². The molecule has 0 radical (unpaired) electrons. The molecule has 0 bridgehead atoms. The Morgan fingerprint density at radius 1 is 1.05 bits per heavy atom. The fraction of sp³-hybridized carbons (Fsp3) is 0.519. The lowest BCUT2D eigenvalue weighted by Crippen LogP contribution is -2.55. The van der Waals surface area contributed by atoms with Crippen LogP contribution in [0.15, 0.2) is 30.3 Å². The van der Waals surface area contributed by atoms with E-state index in [0.717, 1.165) is 12.8 Å². The summed E-state index contributed by atoms with van der Waals surface area (Å²) in [5, 5.41) is 10.6. The van der Waals surface area contributed by atoms with Gasteiger partial charge in [-0.15, -0.1) is 0 Å². The van der Waals surface area contributed by atoms with Crippen molar-refractivity contribution in [3.63, 3.8) is 0 Å². The second-order valence-corrected chi connectivity index (χ2v) is 10.9. The smallest absolute Gasteiger partial charge is 0.289 e. The highest BCUT2D eigenvalue weighted by molar-refractivity contribution is 6.38. The largest absolute Gasteiger partial charge is 0.356 e. The van der Waals surface area contributed by atoms with Crippen LogP contribution >= 0.6 is 0 Å². The molecule has 1 heterocycles. The van der Waals surface area contributed by atoms with Gasteiger partial charge in [0.1, 0.15) is 11.9 Å². The molecule has 9 nitrogen and oxygen atoms in total. The zero-order valence-corrected chi connectivity index (χ0v) is 21.4. The van der Waals surface area contributed by atoms with Crippen LogP contribution in [0, 0.1) is 17.2 Å². The topological polar surface area (TPSA) is 133 Å². The van der Waals surface area contributed by atoms with Crippen LogP contribution in [0.4, 0.5) is 4.39 Å². The van der Waals surface area contributed by atoms with Crippen LogP contribution in [0.5, 0.6) is 0 Å². The number of rotatable bonds is 11. The molecule has 2 fully saturated rings. The predicted octanol–water partition coefficient (Wildman–Crippen LogP) is 1.62.